The molecule has 1 aromatic carbocycles. The van der Waals surface area contributed by atoms with Crippen molar-refractivity contribution in [3.05, 3.63) is 53.5 Å². The lowest BCUT2D eigenvalue weighted by Crippen LogP contribution is -2.36. The number of hydrogen-bond acceptors (Lipinski definition) is 2. The van der Waals surface area contributed by atoms with Crippen LogP contribution in [0.2, 0.25) is 0 Å². The first kappa shape index (κ1) is 11.3. The molecule has 2 N–H and O–H groups in total. The maximum atomic E-state index is 12.3. The van der Waals surface area contributed by atoms with Gasteiger partial charge in [-0.05, 0) is 24.1 Å². The molecule has 0 saturated carbocycles. The number of amides is 1. The Labute approximate surface area is 115 Å². The van der Waals surface area contributed by atoms with Gasteiger partial charge in [-0.1, -0.05) is 18.2 Å². The molecule has 3 aromatic rings. The lowest BCUT2D eigenvalue weighted by molar-refractivity contribution is 0.0727. The minimum Gasteiger partial charge on any atom is -0.357 e. The molecule has 1 aliphatic rings. The third-order valence-corrected chi connectivity index (χ3v) is 3.90. The summed E-state index contributed by atoms with van der Waals surface area (Å²) >= 11 is 0. The first-order valence-corrected chi connectivity index (χ1v) is 6.70. The zero-order valence-corrected chi connectivity index (χ0v) is 10.9. The second-order valence-electron chi connectivity index (χ2n) is 5.07. The Hall–Kier alpha value is -2.56. The van der Waals surface area contributed by atoms with Crippen LogP contribution in [0.1, 0.15) is 21.7 Å². The third kappa shape index (κ3) is 1.63. The molecule has 3 heterocycles. The minimum atomic E-state index is 0.00630. The number of nitrogens with one attached hydrogen (secondary N) is 2. The summed E-state index contributed by atoms with van der Waals surface area (Å²) in [5, 5.41) is 7.84. The van der Waals surface area contributed by atoms with Crippen molar-refractivity contribution < 1.29 is 4.79 Å². The van der Waals surface area contributed by atoms with Crippen molar-refractivity contribution in [3.63, 3.8) is 0 Å². The number of fused-ring (bicyclic) bond motifs is 3. The normalized spacial score (nSPS) is 14.5. The molecule has 1 aliphatic heterocycles. The first-order valence-electron chi connectivity index (χ1n) is 6.70. The van der Waals surface area contributed by atoms with E-state index in [-0.39, 0.29) is 5.91 Å². The van der Waals surface area contributed by atoms with Gasteiger partial charge in [0.1, 0.15) is 5.69 Å². The highest BCUT2D eigenvalue weighted by atomic mass is 16.2. The van der Waals surface area contributed by atoms with Crippen LogP contribution in [0, 0.1) is 0 Å². The van der Waals surface area contributed by atoms with Gasteiger partial charge < -0.3 is 9.88 Å². The van der Waals surface area contributed by atoms with Crippen LogP contribution in [0.3, 0.4) is 0 Å². The number of rotatable bonds is 1. The van der Waals surface area contributed by atoms with Crippen molar-refractivity contribution in [3.8, 4) is 0 Å². The number of H-pyrrole nitrogens is 2. The van der Waals surface area contributed by atoms with Crippen molar-refractivity contribution >= 4 is 16.8 Å². The molecule has 0 bridgehead atoms. The number of aromatic amines is 2. The van der Waals surface area contributed by atoms with E-state index in [1.807, 2.05) is 11.0 Å². The molecule has 0 aliphatic carbocycles. The van der Waals surface area contributed by atoms with Crippen molar-refractivity contribution in [2.45, 2.75) is 13.0 Å². The largest absolute Gasteiger partial charge is 0.357 e. The summed E-state index contributed by atoms with van der Waals surface area (Å²) in [5.41, 5.74) is 4.18. The Kier molecular flexibility index (Phi) is 2.39. The van der Waals surface area contributed by atoms with E-state index < -0.39 is 0 Å². The van der Waals surface area contributed by atoms with Crippen LogP contribution in [0.4, 0.5) is 0 Å². The highest BCUT2D eigenvalue weighted by Gasteiger charge is 2.24. The summed E-state index contributed by atoms with van der Waals surface area (Å²) in [6.07, 6.45) is 2.49. The summed E-state index contributed by atoms with van der Waals surface area (Å²) in [7, 11) is 0. The van der Waals surface area contributed by atoms with Crippen LogP contribution in [0.25, 0.3) is 10.9 Å². The Morgan fingerprint density at radius 2 is 2.15 bits per heavy atom. The predicted octanol–water partition coefficient (Wildman–Crippen LogP) is 2.09. The molecule has 5 nitrogen and oxygen atoms in total. The van der Waals surface area contributed by atoms with E-state index in [4.69, 9.17) is 0 Å². The Bertz CT molecular complexity index is 772. The van der Waals surface area contributed by atoms with Gasteiger partial charge in [0.25, 0.3) is 5.91 Å². The summed E-state index contributed by atoms with van der Waals surface area (Å²) in [4.78, 5) is 17.6. The number of hydrogen-bond donors (Lipinski definition) is 2. The van der Waals surface area contributed by atoms with Gasteiger partial charge in [0.2, 0.25) is 0 Å². The first-order chi connectivity index (χ1) is 9.83. The monoisotopic (exact) mass is 266 g/mol. The van der Waals surface area contributed by atoms with E-state index in [0.29, 0.717) is 12.2 Å². The molecule has 20 heavy (non-hydrogen) atoms. The van der Waals surface area contributed by atoms with Crippen LogP contribution in [0.5, 0.6) is 0 Å². The zero-order valence-electron chi connectivity index (χ0n) is 10.9. The molecule has 0 radical (unpaired) electrons. The van der Waals surface area contributed by atoms with Crippen LogP contribution in [0.15, 0.2) is 36.5 Å². The van der Waals surface area contributed by atoms with Gasteiger partial charge in [-0.15, -0.1) is 0 Å². The Morgan fingerprint density at radius 1 is 1.25 bits per heavy atom. The summed E-state index contributed by atoms with van der Waals surface area (Å²) < 4.78 is 0. The molecule has 1 amide bonds. The van der Waals surface area contributed by atoms with E-state index in [0.717, 1.165) is 24.2 Å². The molecule has 0 fully saturated rings. The fourth-order valence-electron chi connectivity index (χ4n) is 2.91. The second kappa shape index (κ2) is 4.23. The zero-order chi connectivity index (χ0) is 13.5. The lowest BCUT2D eigenvalue weighted by Gasteiger charge is -2.26. The summed E-state index contributed by atoms with van der Waals surface area (Å²) in [6, 6.07) is 10.0. The summed E-state index contributed by atoms with van der Waals surface area (Å²) in [6.45, 7) is 1.37. The number of aromatic nitrogens is 3. The van der Waals surface area contributed by atoms with Crippen molar-refractivity contribution in [2.75, 3.05) is 6.54 Å². The number of nitrogens with zero attached hydrogens (tertiary/aromatic N) is 2. The minimum absolute atomic E-state index is 0.00630. The maximum Gasteiger partial charge on any atom is 0.272 e. The standard InChI is InChI=1S/C15H14N4O/c20-15(13-5-7-16-18-13)19-8-6-11-10-3-1-2-4-12(10)17-14(11)9-19/h1-5,7,17H,6,8-9H2,(H,16,18). The van der Waals surface area contributed by atoms with Crippen molar-refractivity contribution in [1.82, 2.24) is 20.1 Å². The van der Waals surface area contributed by atoms with Gasteiger partial charge in [-0.25, -0.2) is 0 Å². The van der Waals surface area contributed by atoms with E-state index in [9.17, 15) is 4.79 Å². The van der Waals surface area contributed by atoms with Crippen molar-refractivity contribution in [2.24, 2.45) is 0 Å². The molecule has 100 valence electrons. The number of para-hydroxylation sites is 1. The maximum absolute atomic E-state index is 12.3. The van der Waals surface area contributed by atoms with Gasteiger partial charge in [0, 0.05) is 29.3 Å². The molecule has 0 atom stereocenters. The molecule has 4 rings (SSSR count). The average molecular weight is 266 g/mol. The van der Waals surface area contributed by atoms with Gasteiger partial charge in [-0.2, -0.15) is 5.10 Å². The van der Waals surface area contributed by atoms with Gasteiger partial charge >= 0.3 is 0 Å². The van der Waals surface area contributed by atoms with E-state index in [2.05, 4.69) is 33.4 Å². The predicted molar refractivity (Wildman–Crippen MR) is 75.3 cm³/mol. The highest BCUT2D eigenvalue weighted by Crippen LogP contribution is 2.27. The highest BCUT2D eigenvalue weighted by molar-refractivity contribution is 5.93. The smallest absolute Gasteiger partial charge is 0.272 e. The molecule has 5 heteroatoms. The molecular weight excluding hydrogens is 252 g/mol. The lowest BCUT2D eigenvalue weighted by atomic mass is 10.0. The SMILES string of the molecule is O=C(c1ccn[nH]1)N1CCc2c([nH]c3ccccc23)C1. The van der Waals surface area contributed by atoms with Crippen molar-refractivity contribution in [1.29, 1.82) is 0 Å². The fourth-order valence-corrected chi connectivity index (χ4v) is 2.91. The van der Waals surface area contributed by atoms with Gasteiger partial charge in [0.05, 0.1) is 6.54 Å². The van der Waals surface area contributed by atoms with E-state index in [1.165, 1.54) is 10.9 Å². The third-order valence-electron chi connectivity index (χ3n) is 3.90. The number of benzene rings is 1. The molecule has 0 spiro atoms. The number of carbonyl (C=O) groups is 1. The number of carbonyl (C=O) groups excluding carboxylic acids is 1. The topological polar surface area (TPSA) is 64.8 Å². The van der Waals surface area contributed by atoms with Gasteiger partial charge in [-0.3, -0.25) is 9.89 Å². The second-order valence-corrected chi connectivity index (χ2v) is 5.07. The fraction of sp³-hybridized carbons (Fsp3) is 0.200. The van der Waals surface area contributed by atoms with Crippen LogP contribution < -0.4 is 0 Å². The summed E-state index contributed by atoms with van der Waals surface area (Å²) in [5.74, 6) is 0.00630. The molecule has 0 unspecified atom stereocenters. The van der Waals surface area contributed by atoms with Crippen LogP contribution in [-0.4, -0.2) is 32.5 Å². The van der Waals surface area contributed by atoms with E-state index >= 15 is 0 Å². The molecular formula is C15H14N4O. The van der Waals surface area contributed by atoms with E-state index in [1.54, 1.807) is 12.3 Å². The Balaban J connectivity index is 1.68. The van der Waals surface area contributed by atoms with Crippen LogP contribution >= 0.6 is 0 Å². The van der Waals surface area contributed by atoms with Crippen LogP contribution in [-0.2, 0) is 13.0 Å². The van der Waals surface area contributed by atoms with Gasteiger partial charge in [0.15, 0.2) is 0 Å². The Morgan fingerprint density at radius 3 is 3.00 bits per heavy atom. The average Bonchev–Trinajstić information content (AvgIpc) is 3.13. The molecule has 2 aromatic heterocycles. The molecule has 0 saturated heterocycles. The quantitative estimate of drug-likeness (QED) is 0.708.